The summed E-state index contributed by atoms with van der Waals surface area (Å²) in [5, 5.41) is 6.94. The summed E-state index contributed by atoms with van der Waals surface area (Å²) in [6, 6.07) is 16.3. The highest BCUT2D eigenvalue weighted by molar-refractivity contribution is 5.74. The molecular weight excluding hydrogens is 350 g/mol. The Hall–Kier alpha value is -3.47. The number of fused-ring (bicyclic) bond motifs is 1. The van der Waals surface area contributed by atoms with E-state index in [1.54, 1.807) is 12.4 Å². The Balaban J connectivity index is 1.45. The molecule has 4 rings (SSSR count). The molecule has 142 valence electrons. The van der Waals surface area contributed by atoms with Crippen molar-refractivity contribution in [3.05, 3.63) is 89.8 Å². The molecule has 0 saturated heterocycles. The molecule has 2 N–H and O–H groups in total. The first-order valence-electron chi connectivity index (χ1n) is 9.24. The van der Waals surface area contributed by atoms with E-state index in [2.05, 4.69) is 47.3 Å². The molecule has 0 spiro atoms. The fourth-order valence-electron chi connectivity index (χ4n) is 3.11. The number of nitrogens with zero attached hydrogens (tertiary/aromatic N) is 1. The molecule has 0 unspecified atom stereocenters. The molecule has 1 aliphatic heterocycles. The number of pyridine rings is 1. The van der Waals surface area contributed by atoms with Crippen molar-refractivity contribution >= 4 is 11.4 Å². The molecule has 28 heavy (non-hydrogen) atoms. The number of nitrogens with one attached hydrogen (secondary N) is 2. The van der Waals surface area contributed by atoms with E-state index in [0.717, 1.165) is 40.6 Å². The molecule has 5 nitrogen and oxygen atoms in total. The molecule has 0 saturated carbocycles. The fourth-order valence-corrected chi connectivity index (χ4v) is 3.11. The first-order valence-corrected chi connectivity index (χ1v) is 9.24. The lowest BCUT2D eigenvalue weighted by molar-refractivity contribution is 0.174. The maximum absolute atomic E-state index is 5.45. The number of hydrogen-bond acceptors (Lipinski definition) is 5. The van der Waals surface area contributed by atoms with E-state index < -0.39 is 0 Å². The van der Waals surface area contributed by atoms with Crippen molar-refractivity contribution in [2.45, 2.75) is 20.0 Å². The maximum atomic E-state index is 5.45. The van der Waals surface area contributed by atoms with Gasteiger partial charge in [0.1, 0.15) is 0 Å². The van der Waals surface area contributed by atoms with Crippen molar-refractivity contribution in [3.8, 4) is 11.5 Å². The molecule has 0 atom stereocenters. The Labute approximate surface area is 165 Å². The van der Waals surface area contributed by atoms with E-state index in [-0.39, 0.29) is 6.79 Å². The fraction of sp³-hybridized carbons (Fsp3) is 0.174. The van der Waals surface area contributed by atoms with E-state index in [4.69, 9.17) is 9.47 Å². The van der Waals surface area contributed by atoms with Gasteiger partial charge in [0.15, 0.2) is 11.5 Å². The van der Waals surface area contributed by atoms with Crippen LogP contribution in [0, 0.1) is 6.92 Å². The van der Waals surface area contributed by atoms with Gasteiger partial charge < -0.3 is 20.1 Å². The van der Waals surface area contributed by atoms with E-state index in [1.165, 1.54) is 11.1 Å². The predicted molar refractivity (Wildman–Crippen MR) is 111 cm³/mol. The van der Waals surface area contributed by atoms with Crippen LogP contribution in [0.25, 0.3) is 5.70 Å². The SMILES string of the molecule is C=C(NCc1ccc2c(c1)OCO2)c1cc(C)ccc1NCc1ccncc1. The van der Waals surface area contributed by atoms with Crippen LogP contribution < -0.4 is 20.1 Å². The Bertz CT molecular complexity index is 986. The Morgan fingerprint density at radius 3 is 2.64 bits per heavy atom. The average Bonchev–Trinajstić information content (AvgIpc) is 3.19. The molecule has 0 amide bonds. The van der Waals surface area contributed by atoms with Crippen LogP contribution in [0.3, 0.4) is 0 Å². The third kappa shape index (κ3) is 4.09. The van der Waals surface area contributed by atoms with Crippen molar-refractivity contribution in [3.63, 3.8) is 0 Å². The van der Waals surface area contributed by atoms with Gasteiger partial charge in [-0.05, 0) is 54.4 Å². The van der Waals surface area contributed by atoms with Gasteiger partial charge in [0, 0.05) is 42.4 Å². The number of hydrogen-bond donors (Lipinski definition) is 2. The number of aryl methyl sites for hydroxylation is 1. The number of anilines is 1. The van der Waals surface area contributed by atoms with Gasteiger partial charge in [0.2, 0.25) is 6.79 Å². The summed E-state index contributed by atoms with van der Waals surface area (Å²) in [4.78, 5) is 4.06. The summed E-state index contributed by atoms with van der Waals surface area (Å²) in [5.41, 5.74) is 6.47. The van der Waals surface area contributed by atoms with E-state index in [9.17, 15) is 0 Å². The van der Waals surface area contributed by atoms with Gasteiger partial charge >= 0.3 is 0 Å². The van der Waals surface area contributed by atoms with Crippen molar-refractivity contribution in [1.82, 2.24) is 10.3 Å². The zero-order valence-electron chi connectivity index (χ0n) is 15.9. The van der Waals surface area contributed by atoms with Crippen LogP contribution in [-0.2, 0) is 13.1 Å². The van der Waals surface area contributed by atoms with Gasteiger partial charge in [-0.3, -0.25) is 4.98 Å². The highest BCUT2D eigenvalue weighted by Gasteiger charge is 2.13. The molecule has 0 fully saturated rings. The second-order valence-corrected chi connectivity index (χ2v) is 6.78. The molecule has 0 bridgehead atoms. The summed E-state index contributed by atoms with van der Waals surface area (Å²) in [6.07, 6.45) is 3.61. The molecule has 1 aromatic heterocycles. The van der Waals surface area contributed by atoms with Crippen molar-refractivity contribution in [2.75, 3.05) is 12.1 Å². The van der Waals surface area contributed by atoms with Gasteiger partial charge in [-0.1, -0.05) is 24.3 Å². The first kappa shape index (κ1) is 17.9. The van der Waals surface area contributed by atoms with Crippen LogP contribution in [0.4, 0.5) is 5.69 Å². The summed E-state index contributed by atoms with van der Waals surface area (Å²) >= 11 is 0. The largest absolute Gasteiger partial charge is 0.454 e. The summed E-state index contributed by atoms with van der Waals surface area (Å²) in [6.45, 7) is 8.01. The highest BCUT2D eigenvalue weighted by Crippen LogP contribution is 2.32. The van der Waals surface area contributed by atoms with Crippen molar-refractivity contribution in [2.24, 2.45) is 0 Å². The van der Waals surface area contributed by atoms with E-state index in [1.807, 2.05) is 30.3 Å². The lowest BCUT2D eigenvalue weighted by Crippen LogP contribution is -2.13. The molecule has 2 heterocycles. The molecule has 0 aliphatic carbocycles. The lowest BCUT2D eigenvalue weighted by Gasteiger charge is -2.17. The number of rotatable bonds is 7. The minimum atomic E-state index is 0.286. The zero-order chi connectivity index (χ0) is 19.3. The Morgan fingerprint density at radius 1 is 0.964 bits per heavy atom. The molecule has 0 radical (unpaired) electrons. The van der Waals surface area contributed by atoms with Crippen LogP contribution in [0.15, 0.2) is 67.5 Å². The standard InChI is InChI=1S/C23H23N3O2/c1-16-3-5-21(26-13-18-7-9-24-10-8-18)20(11-16)17(2)25-14-19-4-6-22-23(12-19)28-15-27-22/h3-12,25-26H,2,13-15H2,1H3. The Kier molecular flexibility index (Phi) is 5.15. The zero-order valence-corrected chi connectivity index (χ0v) is 15.9. The van der Waals surface area contributed by atoms with Crippen LogP contribution in [0.5, 0.6) is 11.5 Å². The van der Waals surface area contributed by atoms with E-state index >= 15 is 0 Å². The second-order valence-electron chi connectivity index (χ2n) is 6.78. The monoisotopic (exact) mass is 373 g/mol. The molecule has 2 aromatic carbocycles. The average molecular weight is 373 g/mol. The van der Waals surface area contributed by atoms with Crippen LogP contribution >= 0.6 is 0 Å². The smallest absolute Gasteiger partial charge is 0.231 e. The topological polar surface area (TPSA) is 55.4 Å². The number of aromatic nitrogens is 1. The molecular formula is C23H23N3O2. The number of ether oxygens (including phenoxy) is 2. The van der Waals surface area contributed by atoms with Crippen LogP contribution in [0.1, 0.15) is 22.3 Å². The van der Waals surface area contributed by atoms with Crippen molar-refractivity contribution < 1.29 is 9.47 Å². The molecule has 1 aliphatic rings. The molecule has 5 heteroatoms. The summed E-state index contributed by atoms with van der Waals surface area (Å²) < 4.78 is 10.8. The van der Waals surface area contributed by atoms with Gasteiger partial charge in [0.25, 0.3) is 0 Å². The highest BCUT2D eigenvalue weighted by atomic mass is 16.7. The minimum Gasteiger partial charge on any atom is -0.454 e. The van der Waals surface area contributed by atoms with E-state index in [0.29, 0.717) is 6.54 Å². The first-order chi connectivity index (χ1) is 13.7. The normalized spacial score (nSPS) is 11.9. The van der Waals surface area contributed by atoms with Crippen LogP contribution in [-0.4, -0.2) is 11.8 Å². The molecule has 3 aromatic rings. The van der Waals surface area contributed by atoms with Gasteiger partial charge in [0.05, 0.1) is 0 Å². The lowest BCUT2D eigenvalue weighted by atomic mass is 10.1. The minimum absolute atomic E-state index is 0.286. The van der Waals surface area contributed by atoms with Gasteiger partial charge in [-0.2, -0.15) is 0 Å². The summed E-state index contributed by atoms with van der Waals surface area (Å²) in [5.74, 6) is 1.59. The van der Waals surface area contributed by atoms with Crippen LogP contribution in [0.2, 0.25) is 0 Å². The predicted octanol–water partition coefficient (Wildman–Crippen LogP) is 4.49. The quantitative estimate of drug-likeness (QED) is 0.639. The maximum Gasteiger partial charge on any atom is 0.231 e. The van der Waals surface area contributed by atoms with Gasteiger partial charge in [-0.25, -0.2) is 0 Å². The second kappa shape index (κ2) is 8.05. The van der Waals surface area contributed by atoms with Crippen molar-refractivity contribution in [1.29, 1.82) is 0 Å². The third-order valence-electron chi connectivity index (χ3n) is 4.68. The Morgan fingerprint density at radius 2 is 1.79 bits per heavy atom. The van der Waals surface area contributed by atoms with Gasteiger partial charge in [-0.15, -0.1) is 0 Å². The summed E-state index contributed by atoms with van der Waals surface area (Å²) in [7, 11) is 0. The number of benzene rings is 2. The third-order valence-corrected chi connectivity index (χ3v) is 4.68.